The van der Waals surface area contributed by atoms with Gasteiger partial charge in [-0.25, -0.2) is 0 Å². The average molecular weight is 287 g/mol. The maximum absolute atomic E-state index is 5.94. The Bertz CT molecular complexity index is 615. The van der Waals surface area contributed by atoms with Crippen LogP contribution in [0.5, 0.6) is 11.5 Å². The molecule has 2 N–H and O–H groups in total. The first-order valence-corrected chi connectivity index (χ1v) is 7.54. The van der Waals surface area contributed by atoms with Crippen LogP contribution in [0.2, 0.25) is 0 Å². The normalized spacial score (nSPS) is 16.8. The molecule has 1 unspecified atom stereocenters. The Hall–Kier alpha value is -1.81. The number of methoxy groups -OCH3 is 1. The predicted molar refractivity (Wildman–Crippen MR) is 82.8 cm³/mol. The fourth-order valence-electron chi connectivity index (χ4n) is 2.32. The molecule has 1 heterocycles. The summed E-state index contributed by atoms with van der Waals surface area (Å²) in [4.78, 5) is 1.36. The minimum absolute atomic E-state index is 0.418. The van der Waals surface area contributed by atoms with E-state index in [9.17, 15) is 0 Å². The molecule has 1 aliphatic heterocycles. The first-order valence-electron chi connectivity index (χ1n) is 6.56. The molecule has 0 aliphatic carbocycles. The van der Waals surface area contributed by atoms with Gasteiger partial charge in [0.25, 0.3) is 0 Å². The lowest BCUT2D eigenvalue weighted by molar-refractivity contribution is 0.297. The minimum atomic E-state index is 0.418. The molecule has 1 atom stereocenters. The number of ether oxygens (including phenoxy) is 2. The molecule has 3 nitrogen and oxygen atoms in total. The summed E-state index contributed by atoms with van der Waals surface area (Å²) in [6, 6.07) is 14.0. The molecule has 0 aromatic heterocycles. The highest BCUT2D eigenvalue weighted by Crippen LogP contribution is 2.39. The van der Waals surface area contributed by atoms with Crippen LogP contribution in [0.15, 0.2) is 47.4 Å². The molecule has 1 aliphatic rings. The summed E-state index contributed by atoms with van der Waals surface area (Å²) in [5.41, 5.74) is 7.96. The van der Waals surface area contributed by atoms with Crippen molar-refractivity contribution in [3.8, 4) is 11.5 Å². The number of hydrogen-bond donors (Lipinski definition) is 1. The summed E-state index contributed by atoms with van der Waals surface area (Å²) >= 11 is 1.89. The van der Waals surface area contributed by atoms with Crippen LogP contribution in [0.1, 0.15) is 11.5 Å². The quantitative estimate of drug-likeness (QED) is 0.874. The van der Waals surface area contributed by atoms with Crippen LogP contribution in [0, 0.1) is 0 Å². The van der Waals surface area contributed by atoms with E-state index in [2.05, 4.69) is 24.3 Å². The van der Waals surface area contributed by atoms with Crippen molar-refractivity contribution in [1.82, 2.24) is 0 Å². The van der Waals surface area contributed by atoms with Crippen LogP contribution in [0.3, 0.4) is 0 Å². The summed E-state index contributed by atoms with van der Waals surface area (Å²) < 4.78 is 11.1. The fourth-order valence-corrected chi connectivity index (χ4v) is 3.56. The van der Waals surface area contributed by atoms with Crippen molar-refractivity contribution in [2.75, 3.05) is 25.2 Å². The van der Waals surface area contributed by atoms with Crippen molar-refractivity contribution in [1.29, 1.82) is 0 Å². The molecule has 0 bridgehead atoms. The van der Waals surface area contributed by atoms with Crippen LogP contribution in [-0.4, -0.2) is 19.5 Å². The molecule has 0 amide bonds. The summed E-state index contributed by atoms with van der Waals surface area (Å²) in [7, 11) is 1.64. The third-order valence-electron chi connectivity index (χ3n) is 3.46. The Morgan fingerprint density at radius 3 is 2.95 bits per heavy atom. The maximum Gasteiger partial charge on any atom is 0.145 e. The molecular weight excluding hydrogens is 270 g/mol. The molecule has 0 spiro atoms. The molecular formula is C16H17NO2S. The lowest BCUT2D eigenvalue weighted by atomic mass is 10.0. The zero-order valence-corrected chi connectivity index (χ0v) is 12.2. The second kappa shape index (κ2) is 5.67. The minimum Gasteiger partial charge on any atom is -0.497 e. The van der Waals surface area contributed by atoms with Crippen LogP contribution in [0.4, 0.5) is 5.69 Å². The maximum atomic E-state index is 5.94. The van der Waals surface area contributed by atoms with E-state index in [0.717, 1.165) is 11.5 Å². The number of benzene rings is 2. The van der Waals surface area contributed by atoms with Crippen LogP contribution < -0.4 is 15.2 Å². The van der Waals surface area contributed by atoms with E-state index in [1.807, 2.05) is 30.0 Å². The molecule has 4 heteroatoms. The molecule has 0 radical (unpaired) electrons. The number of fused-ring (bicyclic) bond motifs is 1. The van der Waals surface area contributed by atoms with Gasteiger partial charge in [-0.05, 0) is 23.8 Å². The van der Waals surface area contributed by atoms with E-state index in [4.69, 9.17) is 15.2 Å². The number of nitrogen functional groups attached to an aromatic ring is 1. The lowest BCUT2D eigenvalue weighted by Gasteiger charge is -2.14. The van der Waals surface area contributed by atoms with Crippen molar-refractivity contribution in [3.05, 3.63) is 48.0 Å². The van der Waals surface area contributed by atoms with Crippen molar-refractivity contribution < 1.29 is 9.47 Å². The number of thioether (sulfide) groups is 1. The van der Waals surface area contributed by atoms with Crippen LogP contribution in [0.25, 0.3) is 0 Å². The topological polar surface area (TPSA) is 44.5 Å². The van der Waals surface area contributed by atoms with E-state index in [0.29, 0.717) is 24.0 Å². The Balaban J connectivity index is 1.72. The van der Waals surface area contributed by atoms with Crippen molar-refractivity contribution >= 4 is 17.4 Å². The zero-order chi connectivity index (χ0) is 13.9. The van der Waals surface area contributed by atoms with E-state index >= 15 is 0 Å². The molecule has 0 fully saturated rings. The van der Waals surface area contributed by atoms with Crippen molar-refractivity contribution in [3.63, 3.8) is 0 Å². The van der Waals surface area contributed by atoms with Crippen LogP contribution in [-0.2, 0) is 0 Å². The van der Waals surface area contributed by atoms with Gasteiger partial charge >= 0.3 is 0 Å². The number of rotatable bonds is 4. The van der Waals surface area contributed by atoms with E-state index in [-0.39, 0.29) is 0 Å². The molecule has 2 aromatic carbocycles. The highest BCUT2D eigenvalue weighted by atomic mass is 32.2. The zero-order valence-electron chi connectivity index (χ0n) is 11.3. The third-order valence-corrected chi connectivity index (χ3v) is 4.71. The number of anilines is 1. The molecule has 0 saturated carbocycles. The Morgan fingerprint density at radius 1 is 1.25 bits per heavy atom. The molecule has 3 rings (SSSR count). The first kappa shape index (κ1) is 13.2. The highest BCUT2D eigenvalue weighted by molar-refractivity contribution is 7.99. The van der Waals surface area contributed by atoms with Crippen molar-refractivity contribution in [2.24, 2.45) is 0 Å². The fraction of sp³-hybridized carbons (Fsp3) is 0.250. The first-order chi connectivity index (χ1) is 9.78. The van der Waals surface area contributed by atoms with Gasteiger partial charge in [-0.2, -0.15) is 0 Å². The number of nitrogens with two attached hydrogens (primary N) is 1. The largest absolute Gasteiger partial charge is 0.497 e. The van der Waals surface area contributed by atoms with Gasteiger partial charge in [0, 0.05) is 22.6 Å². The van der Waals surface area contributed by atoms with Gasteiger partial charge in [0.05, 0.1) is 19.4 Å². The van der Waals surface area contributed by atoms with Gasteiger partial charge in [-0.1, -0.05) is 18.2 Å². The Labute approximate surface area is 123 Å². The summed E-state index contributed by atoms with van der Waals surface area (Å²) in [5.74, 6) is 2.93. The highest BCUT2D eigenvalue weighted by Gasteiger charge is 2.23. The van der Waals surface area contributed by atoms with Gasteiger partial charge in [-0.3, -0.25) is 0 Å². The summed E-state index contributed by atoms with van der Waals surface area (Å²) in [6.07, 6.45) is 0. The van der Waals surface area contributed by atoms with Gasteiger partial charge in [0.1, 0.15) is 11.5 Å². The standard InChI is InChI=1S/C16H17NO2S/c1-18-12-6-7-14(17)15(8-12)19-9-11-10-20-16-5-3-2-4-13(11)16/h2-8,11H,9-10,17H2,1H3. The molecule has 0 saturated heterocycles. The van der Waals surface area contributed by atoms with Gasteiger partial charge in [0.2, 0.25) is 0 Å². The van der Waals surface area contributed by atoms with Gasteiger partial charge < -0.3 is 15.2 Å². The smallest absolute Gasteiger partial charge is 0.145 e. The Morgan fingerprint density at radius 2 is 2.10 bits per heavy atom. The van der Waals surface area contributed by atoms with Gasteiger partial charge in [-0.15, -0.1) is 11.8 Å². The van der Waals surface area contributed by atoms with Crippen molar-refractivity contribution in [2.45, 2.75) is 10.8 Å². The average Bonchev–Trinajstić information content (AvgIpc) is 2.90. The lowest BCUT2D eigenvalue weighted by Crippen LogP contribution is -2.10. The van der Waals surface area contributed by atoms with E-state index < -0.39 is 0 Å². The van der Waals surface area contributed by atoms with E-state index in [1.165, 1.54) is 10.5 Å². The Kier molecular flexibility index (Phi) is 3.74. The molecule has 104 valence electrons. The summed E-state index contributed by atoms with van der Waals surface area (Å²) in [6.45, 7) is 0.640. The predicted octanol–water partition coefficient (Wildman–Crippen LogP) is 3.55. The van der Waals surface area contributed by atoms with Crippen LogP contribution >= 0.6 is 11.8 Å². The SMILES string of the molecule is COc1ccc(N)c(OCC2CSc3ccccc32)c1. The number of hydrogen-bond acceptors (Lipinski definition) is 4. The molecule has 20 heavy (non-hydrogen) atoms. The molecule has 2 aromatic rings. The monoisotopic (exact) mass is 287 g/mol. The second-order valence-electron chi connectivity index (χ2n) is 4.76. The van der Waals surface area contributed by atoms with E-state index in [1.54, 1.807) is 7.11 Å². The van der Waals surface area contributed by atoms with Gasteiger partial charge in [0.15, 0.2) is 0 Å². The third kappa shape index (κ3) is 2.56. The second-order valence-corrected chi connectivity index (χ2v) is 5.82. The summed E-state index contributed by atoms with van der Waals surface area (Å²) in [5, 5.41) is 0.